The summed E-state index contributed by atoms with van der Waals surface area (Å²) in [7, 11) is 0. The van der Waals surface area contributed by atoms with Crippen LogP contribution in [0.1, 0.15) is 44.4 Å². The van der Waals surface area contributed by atoms with Crippen LogP contribution in [0, 0.1) is 6.92 Å². The Morgan fingerprint density at radius 1 is 1.18 bits per heavy atom. The van der Waals surface area contributed by atoms with E-state index in [1.165, 1.54) is 11.1 Å². The molecule has 0 bridgehead atoms. The van der Waals surface area contributed by atoms with Crippen molar-refractivity contribution in [2.24, 2.45) is 5.73 Å². The summed E-state index contributed by atoms with van der Waals surface area (Å²) in [4.78, 5) is 2.49. The molecule has 0 aliphatic carbocycles. The molecule has 0 spiro atoms. The lowest BCUT2D eigenvalue weighted by Crippen LogP contribution is -2.39. The first-order valence-corrected chi connectivity index (χ1v) is 6.66. The van der Waals surface area contributed by atoms with Crippen LogP contribution in [0.4, 0.5) is 0 Å². The lowest BCUT2D eigenvalue weighted by atomic mass is 10.0. The molecule has 0 aliphatic heterocycles. The van der Waals surface area contributed by atoms with Crippen LogP contribution in [0.5, 0.6) is 0 Å². The molecule has 0 radical (unpaired) electrons. The minimum Gasteiger partial charge on any atom is -0.329 e. The van der Waals surface area contributed by atoms with Gasteiger partial charge in [-0.3, -0.25) is 4.90 Å². The fourth-order valence-electron chi connectivity index (χ4n) is 2.33. The molecule has 0 fully saturated rings. The minimum atomic E-state index is 0.343. The average Bonchev–Trinajstić information content (AvgIpc) is 2.36. The summed E-state index contributed by atoms with van der Waals surface area (Å²) in [5.41, 5.74) is 8.61. The van der Waals surface area contributed by atoms with E-state index in [9.17, 15) is 0 Å². The number of benzene rings is 1. The Bertz CT molecular complexity index is 318. The van der Waals surface area contributed by atoms with Gasteiger partial charge >= 0.3 is 0 Å². The fraction of sp³-hybridized carbons (Fsp3) is 0.600. The third kappa shape index (κ3) is 3.55. The van der Waals surface area contributed by atoms with Crippen molar-refractivity contribution in [1.82, 2.24) is 4.90 Å². The van der Waals surface area contributed by atoms with Crippen LogP contribution in [0.15, 0.2) is 24.3 Å². The Morgan fingerprint density at radius 2 is 1.76 bits per heavy atom. The normalized spacial score (nSPS) is 14.9. The molecule has 1 aromatic rings. The first-order chi connectivity index (χ1) is 8.13. The lowest BCUT2D eigenvalue weighted by molar-refractivity contribution is 0.152. The highest BCUT2D eigenvalue weighted by Gasteiger charge is 2.21. The van der Waals surface area contributed by atoms with Crippen LogP contribution >= 0.6 is 0 Å². The molecule has 1 rings (SSSR count). The Labute approximate surface area is 106 Å². The second kappa shape index (κ2) is 6.77. The van der Waals surface area contributed by atoms with E-state index >= 15 is 0 Å². The van der Waals surface area contributed by atoms with Gasteiger partial charge in [0.05, 0.1) is 0 Å². The van der Waals surface area contributed by atoms with Crippen LogP contribution in [-0.2, 0) is 0 Å². The predicted octanol–water partition coefficient (Wildman–Crippen LogP) is 3.12. The van der Waals surface area contributed by atoms with Gasteiger partial charge in [0.2, 0.25) is 0 Å². The molecule has 0 saturated carbocycles. The summed E-state index contributed by atoms with van der Waals surface area (Å²) in [6.07, 6.45) is 1.16. The third-order valence-corrected chi connectivity index (χ3v) is 3.61. The van der Waals surface area contributed by atoms with Crippen LogP contribution in [0.25, 0.3) is 0 Å². The largest absolute Gasteiger partial charge is 0.329 e. The van der Waals surface area contributed by atoms with Crippen molar-refractivity contribution >= 4 is 0 Å². The van der Waals surface area contributed by atoms with E-state index in [0.29, 0.717) is 18.6 Å². The van der Waals surface area contributed by atoms with Gasteiger partial charge in [-0.1, -0.05) is 43.7 Å². The number of rotatable bonds is 6. The smallest absolute Gasteiger partial charge is 0.0473 e. The molecule has 0 saturated heterocycles. The lowest BCUT2D eigenvalue weighted by Gasteiger charge is -2.35. The minimum absolute atomic E-state index is 0.343. The van der Waals surface area contributed by atoms with E-state index in [2.05, 4.69) is 56.9 Å². The van der Waals surface area contributed by atoms with Gasteiger partial charge in [-0.05, 0) is 32.4 Å². The van der Waals surface area contributed by atoms with Crippen LogP contribution < -0.4 is 5.73 Å². The SMILES string of the molecule is CCC(C)N(CC)C(CN)c1ccc(C)cc1. The topological polar surface area (TPSA) is 29.3 Å². The summed E-state index contributed by atoms with van der Waals surface area (Å²) >= 11 is 0. The molecule has 2 unspecified atom stereocenters. The fourth-order valence-corrected chi connectivity index (χ4v) is 2.33. The summed E-state index contributed by atoms with van der Waals surface area (Å²) in [6, 6.07) is 9.67. The van der Waals surface area contributed by atoms with Crippen LogP contribution in [0.2, 0.25) is 0 Å². The number of likely N-dealkylation sites (N-methyl/N-ethyl adjacent to an activating group) is 1. The Kier molecular flexibility index (Phi) is 5.66. The Hall–Kier alpha value is -0.860. The van der Waals surface area contributed by atoms with E-state index in [1.807, 2.05) is 0 Å². The molecule has 17 heavy (non-hydrogen) atoms. The molecule has 0 heterocycles. The summed E-state index contributed by atoms with van der Waals surface area (Å²) in [5, 5.41) is 0. The molecule has 2 heteroatoms. The van der Waals surface area contributed by atoms with E-state index in [-0.39, 0.29) is 0 Å². The van der Waals surface area contributed by atoms with Crippen LogP contribution in [-0.4, -0.2) is 24.0 Å². The van der Waals surface area contributed by atoms with Crippen molar-refractivity contribution in [1.29, 1.82) is 0 Å². The van der Waals surface area contributed by atoms with Crippen molar-refractivity contribution in [3.63, 3.8) is 0 Å². The summed E-state index contributed by atoms with van der Waals surface area (Å²) in [6.45, 7) is 10.6. The van der Waals surface area contributed by atoms with Crippen molar-refractivity contribution in [3.8, 4) is 0 Å². The molecule has 0 aromatic heterocycles. The highest BCUT2D eigenvalue weighted by Crippen LogP contribution is 2.23. The molecular formula is C15H26N2. The molecule has 2 nitrogen and oxygen atoms in total. The van der Waals surface area contributed by atoms with Crippen molar-refractivity contribution in [3.05, 3.63) is 35.4 Å². The highest BCUT2D eigenvalue weighted by atomic mass is 15.2. The van der Waals surface area contributed by atoms with Gasteiger partial charge in [-0.25, -0.2) is 0 Å². The zero-order chi connectivity index (χ0) is 12.8. The first-order valence-electron chi connectivity index (χ1n) is 6.66. The second-order valence-electron chi connectivity index (χ2n) is 4.75. The average molecular weight is 234 g/mol. The molecule has 2 atom stereocenters. The molecular weight excluding hydrogens is 208 g/mol. The van der Waals surface area contributed by atoms with Crippen molar-refractivity contribution in [2.75, 3.05) is 13.1 Å². The Balaban J connectivity index is 2.92. The number of hydrogen-bond donors (Lipinski definition) is 1. The van der Waals surface area contributed by atoms with Gasteiger partial charge in [0, 0.05) is 18.6 Å². The molecule has 1 aromatic carbocycles. The van der Waals surface area contributed by atoms with Gasteiger partial charge in [0.25, 0.3) is 0 Å². The number of hydrogen-bond acceptors (Lipinski definition) is 2. The van der Waals surface area contributed by atoms with Gasteiger partial charge in [0.15, 0.2) is 0 Å². The maximum Gasteiger partial charge on any atom is 0.0473 e. The van der Waals surface area contributed by atoms with Crippen LogP contribution in [0.3, 0.4) is 0 Å². The predicted molar refractivity (Wildman–Crippen MR) is 75.1 cm³/mol. The van der Waals surface area contributed by atoms with E-state index in [1.54, 1.807) is 0 Å². The molecule has 96 valence electrons. The number of aryl methyl sites for hydroxylation is 1. The third-order valence-electron chi connectivity index (χ3n) is 3.61. The maximum atomic E-state index is 5.97. The van der Waals surface area contributed by atoms with Gasteiger partial charge in [-0.15, -0.1) is 0 Å². The molecule has 0 amide bonds. The first kappa shape index (κ1) is 14.2. The second-order valence-corrected chi connectivity index (χ2v) is 4.75. The molecule has 0 aliphatic rings. The van der Waals surface area contributed by atoms with Crippen molar-refractivity contribution in [2.45, 2.75) is 46.2 Å². The zero-order valence-electron chi connectivity index (χ0n) is 11.6. The maximum absolute atomic E-state index is 5.97. The van der Waals surface area contributed by atoms with Gasteiger partial charge in [0.1, 0.15) is 0 Å². The summed E-state index contributed by atoms with van der Waals surface area (Å²) in [5.74, 6) is 0. The zero-order valence-corrected chi connectivity index (χ0v) is 11.6. The van der Waals surface area contributed by atoms with E-state index < -0.39 is 0 Å². The van der Waals surface area contributed by atoms with E-state index in [4.69, 9.17) is 5.73 Å². The number of nitrogens with two attached hydrogens (primary N) is 1. The summed E-state index contributed by atoms with van der Waals surface area (Å²) < 4.78 is 0. The van der Waals surface area contributed by atoms with Gasteiger partial charge < -0.3 is 5.73 Å². The monoisotopic (exact) mass is 234 g/mol. The number of nitrogens with zero attached hydrogens (tertiary/aromatic N) is 1. The van der Waals surface area contributed by atoms with Crippen molar-refractivity contribution < 1.29 is 0 Å². The van der Waals surface area contributed by atoms with Gasteiger partial charge in [-0.2, -0.15) is 0 Å². The highest BCUT2D eigenvalue weighted by molar-refractivity contribution is 5.24. The quantitative estimate of drug-likeness (QED) is 0.819. The Morgan fingerprint density at radius 3 is 2.18 bits per heavy atom. The van der Waals surface area contributed by atoms with E-state index in [0.717, 1.165) is 13.0 Å². The molecule has 2 N–H and O–H groups in total. The standard InChI is InChI=1S/C15H26N2/c1-5-13(4)17(6-2)15(11-16)14-9-7-12(3)8-10-14/h7-10,13,15H,5-6,11,16H2,1-4H3.